The van der Waals surface area contributed by atoms with Crippen molar-refractivity contribution in [1.82, 2.24) is 0 Å². The molecule has 0 bridgehead atoms. The molecule has 3 aliphatic rings. The molecule has 64 valence electrons. The first-order chi connectivity index (χ1) is 5.75. The van der Waals surface area contributed by atoms with Crippen LogP contribution in [0.2, 0.25) is 0 Å². The summed E-state index contributed by atoms with van der Waals surface area (Å²) >= 11 is 0. The fraction of sp³-hybridized carbons (Fsp3) is 0.714. The molecule has 12 heavy (non-hydrogen) atoms. The smallest absolute Gasteiger partial charge is 0.315 e. The predicted molar refractivity (Wildman–Crippen MR) is 32.7 cm³/mol. The van der Waals surface area contributed by atoms with Crippen molar-refractivity contribution in [3.05, 3.63) is 0 Å². The van der Waals surface area contributed by atoms with E-state index in [-0.39, 0.29) is 30.6 Å². The number of fused-ring (bicyclic) bond motifs is 3. The summed E-state index contributed by atoms with van der Waals surface area (Å²) in [5.41, 5.74) is 0. The summed E-state index contributed by atoms with van der Waals surface area (Å²) in [6.45, 7) is 0. The molecule has 0 radical (unpaired) electrons. The summed E-state index contributed by atoms with van der Waals surface area (Å²) < 4.78 is 14.7. The Labute approximate surface area is 67.6 Å². The van der Waals surface area contributed by atoms with Crippen LogP contribution in [0.5, 0.6) is 0 Å². The van der Waals surface area contributed by atoms with Gasteiger partial charge in [-0.15, -0.1) is 0 Å². The Morgan fingerprint density at radius 1 is 1.17 bits per heavy atom. The summed E-state index contributed by atoms with van der Waals surface area (Å²) in [5.74, 6) is -1.14. The van der Waals surface area contributed by atoms with Crippen LogP contribution in [0, 0.1) is 5.92 Å². The number of carbonyl (C=O) groups excluding carboxylic acids is 2. The second-order valence-corrected chi connectivity index (χ2v) is 3.17. The summed E-state index contributed by atoms with van der Waals surface area (Å²) in [7, 11) is 0. The van der Waals surface area contributed by atoms with Gasteiger partial charge in [0.05, 0.1) is 6.42 Å². The summed E-state index contributed by atoms with van der Waals surface area (Å²) in [4.78, 5) is 22.0. The third kappa shape index (κ3) is 0.665. The molecule has 3 rings (SSSR count). The summed E-state index contributed by atoms with van der Waals surface area (Å²) in [6, 6.07) is 0. The Morgan fingerprint density at radius 3 is 2.83 bits per heavy atom. The van der Waals surface area contributed by atoms with Gasteiger partial charge in [-0.3, -0.25) is 9.59 Å². The highest BCUT2D eigenvalue weighted by Gasteiger charge is 2.62. The molecule has 3 saturated heterocycles. The van der Waals surface area contributed by atoms with Crippen molar-refractivity contribution in [3.8, 4) is 0 Å². The predicted octanol–water partition coefficient (Wildman–Crippen LogP) is -0.800. The Kier molecular flexibility index (Phi) is 0.960. The van der Waals surface area contributed by atoms with Gasteiger partial charge in [0.1, 0.15) is 12.0 Å². The molecule has 4 atom stereocenters. The molecule has 5 heteroatoms. The zero-order valence-electron chi connectivity index (χ0n) is 6.06. The average molecular weight is 170 g/mol. The van der Waals surface area contributed by atoms with Gasteiger partial charge in [0.2, 0.25) is 6.29 Å². The lowest BCUT2D eigenvalue weighted by Crippen LogP contribution is -2.37. The van der Waals surface area contributed by atoms with Crippen molar-refractivity contribution in [2.45, 2.75) is 24.9 Å². The van der Waals surface area contributed by atoms with Gasteiger partial charge in [0.25, 0.3) is 0 Å². The van der Waals surface area contributed by atoms with Crippen molar-refractivity contribution < 1.29 is 23.8 Å². The molecule has 4 unspecified atom stereocenters. The highest BCUT2D eigenvalue weighted by atomic mass is 16.8. The van der Waals surface area contributed by atoms with Gasteiger partial charge >= 0.3 is 11.9 Å². The van der Waals surface area contributed by atoms with Gasteiger partial charge in [-0.05, 0) is 0 Å². The fourth-order valence-corrected chi connectivity index (χ4v) is 1.73. The van der Waals surface area contributed by atoms with E-state index in [1.54, 1.807) is 0 Å². The number of carbonyl (C=O) groups is 2. The number of hydrogen-bond donors (Lipinski definition) is 0. The molecule has 0 amide bonds. The zero-order valence-corrected chi connectivity index (χ0v) is 6.06. The highest BCUT2D eigenvalue weighted by Crippen LogP contribution is 2.42. The van der Waals surface area contributed by atoms with E-state index in [1.165, 1.54) is 0 Å². The SMILES string of the molecule is O=C1CC2C(=O)OC3OC3C2O1. The number of esters is 2. The molecule has 0 saturated carbocycles. The number of hydrogen-bond acceptors (Lipinski definition) is 5. The van der Waals surface area contributed by atoms with Crippen molar-refractivity contribution in [2.24, 2.45) is 5.92 Å². The third-order valence-corrected chi connectivity index (χ3v) is 2.39. The maximum Gasteiger partial charge on any atom is 0.315 e. The maximum absolute atomic E-state index is 11.1. The van der Waals surface area contributed by atoms with Crippen molar-refractivity contribution in [1.29, 1.82) is 0 Å². The van der Waals surface area contributed by atoms with Crippen LogP contribution in [0.15, 0.2) is 0 Å². The Bertz CT molecular complexity index is 273. The zero-order chi connectivity index (χ0) is 8.29. The molecule has 0 aromatic heterocycles. The molecule has 0 aromatic rings. The Hall–Kier alpha value is -1.10. The first-order valence-corrected chi connectivity index (χ1v) is 3.81. The molecule has 0 aliphatic carbocycles. The molecule has 5 nitrogen and oxygen atoms in total. The molecule has 0 spiro atoms. The number of ether oxygens (including phenoxy) is 3. The van der Waals surface area contributed by atoms with Gasteiger partial charge in [-0.1, -0.05) is 0 Å². The normalized spacial score (nSPS) is 49.0. The highest BCUT2D eigenvalue weighted by molar-refractivity contribution is 5.84. The van der Waals surface area contributed by atoms with Crippen LogP contribution in [0.1, 0.15) is 6.42 Å². The van der Waals surface area contributed by atoms with Crippen molar-refractivity contribution in [3.63, 3.8) is 0 Å². The van der Waals surface area contributed by atoms with E-state index in [0.717, 1.165) is 0 Å². The van der Waals surface area contributed by atoms with Gasteiger partial charge in [0, 0.05) is 0 Å². The summed E-state index contributed by atoms with van der Waals surface area (Å²) in [5, 5.41) is 0. The van der Waals surface area contributed by atoms with Gasteiger partial charge in [-0.25, -0.2) is 0 Å². The lowest BCUT2D eigenvalue weighted by molar-refractivity contribution is -0.158. The van der Waals surface area contributed by atoms with Crippen molar-refractivity contribution in [2.75, 3.05) is 0 Å². The first kappa shape index (κ1) is 6.42. The van der Waals surface area contributed by atoms with Gasteiger partial charge in [0.15, 0.2) is 6.10 Å². The van der Waals surface area contributed by atoms with Crippen LogP contribution >= 0.6 is 0 Å². The fourth-order valence-electron chi connectivity index (χ4n) is 1.73. The number of rotatable bonds is 0. The maximum atomic E-state index is 11.1. The van der Waals surface area contributed by atoms with E-state index in [0.29, 0.717) is 0 Å². The topological polar surface area (TPSA) is 65.1 Å². The Balaban J connectivity index is 1.92. The minimum Gasteiger partial charge on any atom is -0.458 e. The van der Waals surface area contributed by atoms with Gasteiger partial charge in [-0.2, -0.15) is 0 Å². The number of epoxide rings is 1. The van der Waals surface area contributed by atoms with Crippen LogP contribution in [0.25, 0.3) is 0 Å². The molecule has 3 fully saturated rings. The molecule has 3 aliphatic heterocycles. The largest absolute Gasteiger partial charge is 0.458 e. The minimum absolute atomic E-state index is 0.135. The lowest BCUT2D eigenvalue weighted by atomic mass is 9.97. The van der Waals surface area contributed by atoms with Crippen LogP contribution in [-0.2, 0) is 23.8 Å². The van der Waals surface area contributed by atoms with Crippen LogP contribution in [0.3, 0.4) is 0 Å². The Morgan fingerprint density at radius 2 is 2.00 bits per heavy atom. The third-order valence-electron chi connectivity index (χ3n) is 2.39. The summed E-state index contributed by atoms with van der Waals surface area (Å²) in [6.07, 6.45) is -0.900. The van der Waals surface area contributed by atoms with E-state index in [4.69, 9.17) is 14.2 Å². The van der Waals surface area contributed by atoms with Gasteiger partial charge < -0.3 is 14.2 Å². The van der Waals surface area contributed by atoms with Crippen LogP contribution in [-0.4, -0.2) is 30.4 Å². The van der Waals surface area contributed by atoms with E-state index in [9.17, 15) is 9.59 Å². The molecular weight excluding hydrogens is 164 g/mol. The minimum atomic E-state index is -0.454. The second kappa shape index (κ2) is 1.80. The van der Waals surface area contributed by atoms with Crippen LogP contribution in [0.4, 0.5) is 0 Å². The molecule has 3 heterocycles. The van der Waals surface area contributed by atoms with E-state index in [2.05, 4.69) is 0 Å². The standard InChI is InChI=1S/C7H6O5/c8-3-1-2-4(10-3)5-7(11-5)12-6(2)9/h2,4-5,7H,1H2. The van der Waals surface area contributed by atoms with E-state index < -0.39 is 12.2 Å². The first-order valence-electron chi connectivity index (χ1n) is 3.81. The molecule has 0 aromatic carbocycles. The van der Waals surface area contributed by atoms with Crippen molar-refractivity contribution >= 4 is 11.9 Å². The second-order valence-electron chi connectivity index (χ2n) is 3.17. The molecule has 0 N–H and O–H groups in total. The quantitative estimate of drug-likeness (QED) is 0.351. The lowest BCUT2D eigenvalue weighted by Gasteiger charge is -2.17. The molecular formula is C7H6O5. The monoisotopic (exact) mass is 170 g/mol. The average Bonchev–Trinajstić information content (AvgIpc) is 2.65. The van der Waals surface area contributed by atoms with Crippen LogP contribution < -0.4 is 0 Å². The van der Waals surface area contributed by atoms with E-state index >= 15 is 0 Å². The van der Waals surface area contributed by atoms with E-state index in [1.807, 2.05) is 0 Å².